The second kappa shape index (κ2) is 11.5. The number of benzene rings is 2. The Morgan fingerprint density at radius 3 is 2.76 bits per heavy atom. The molecule has 0 radical (unpaired) electrons. The number of allylic oxidation sites excluding steroid dienone is 1. The minimum Gasteiger partial charge on any atom is -0.490 e. The second-order valence-electron chi connectivity index (χ2n) is 12.9. The number of nitrogens with zero attached hydrogens (tertiary/aromatic N) is 1. The first-order valence-electron chi connectivity index (χ1n) is 15.3. The molecule has 2 aliphatic carbocycles. The van der Waals surface area contributed by atoms with Crippen LogP contribution in [0.5, 0.6) is 5.75 Å². The van der Waals surface area contributed by atoms with Crippen molar-refractivity contribution >= 4 is 33.2 Å². The van der Waals surface area contributed by atoms with Crippen LogP contribution in [0.2, 0.25) is 5.02 Å². The number of hydrogen-bond donors (Lipinski definition) is 2. The van der Waals surface area contributed by atoms with E-state index >= 15 is 0 Å². The zero-order valence-electron chi connectivity index (χ0n) is 24.4. The molecule has 0 saturated heterocycles. The fourth-order valence-electron chi connectivity index (χ4n) is 7.53. The normalized spacial score (nSPS) is 33.3. The minimum atomic E-state index is -3.91. The number of nitrogens with one attached hydrogen (secondary N) is 1. The highest BCUT2D eigenvalue weighted by Gasteiger charge is 2.44. The van der Waals surface area contributed by atoms with E-state index in [9.17, 15) is 18.3 Å². The predicted molar refractivity (Wildman–Crippen MR) is 166 cm³/mol. The summed E-state index contributed by atoms with van der Waals surface area (Å²) in [4.78, 5) is 15.7. The van der Waals surface area contributed by atoms with Crippen LogP contribution in [0.15, 0.2) is 48.6 Å². The van der Waals surface area contributed by atoms with Crippen LogP contribution in [-0.4, -0.2) is 50.5 Å². The lowest BCUT2D eigenvalue weighted by Gasteiger charge is -2.45. The summed E-state index contributed by atoms with van der Waals surface area (Å²) in [6.45, 7) is 5.69. The molecule has 42 heavy (non-hydrogen) atoms. The van der Waals surface area contributed by atoms with Crippen molar-refractivity contribution in [3.8, 4) is 5.75 Å². The Labute approximate surface area is 254 Å². The lowest BCUT2D eigenvalue weighted by atomic mass is 9.68. The van der Waals surface area contributed by atoms with Crippen molar-refractivity contribution < 1.29 is 23.1 Å². The van der Waals surface area contributed by atoms with Gasteiger partial charge >= 0.3 is 0 Å². The highest BCUT2D eigenvalue weighted by molar-refractivity contribution is 7.90. The van der Waals surface area contributed by atoms with Crippen molar-refractivity contribution in [1.29, 1.82) is 0 Å². The molecule has 1 spiro atoms. The Bertz CT molecular complexity index is 1490. The highest BCUT2D eigenvalue weighted by atomic mass is 35.5. The van der Waals surface area contributed by atoms with Crippen LogP contribution < -0.4 is 14.4 Å². The molecule has 3 unspecified atom stereocenters. The molecule has 1 fully saturated rings. The van der Waals surface area contributed by atoms with Gasteiger partial charge in [-0.3, -0.25) is 4.79 Å². The summed E-state index contributed by atoms with van der Waals surface area (Å²) in [7, 11) is -3.91. The van der Waals surface area contributed by atoms with E-state index in [2.05, 4.69) is 21.8 Å². The van der Waals surface area contributed by atoms with E-state index in [1.807, 2.05) is 32.1 Å². The van der Waals surface area contributed by atoms with Gasteiger partial charge in [-0.1, -0.05) is 43.7 Å². The molecule has 2 aliphatic heterocycles. The summed E-state index contributed by atoms with van der Waals surface area (Å²) in [5.74, 6) is 0.408. The molecule has 4 aliphatic rings. The molecule has 226 valence electrons. The maximum Gasteiger partial charge on any atom is 0.264 e. The van der Waals surface area contributed by atoms with Crippen LogP contribution >= 0.6 is 11.6 Å². The Morgan fingerprint density at radius 1 is 1.17 bits per heavy atom. The van der Waals surface area contributed by atoms with Gasteiger partial charge in [0, 0.05) is 29.1 Å². The van der Waals surface area contributed by atoms with Gasteiger partial charge in [0.1, 0.15) is 5.75 Å². The number of sulfonamides is 1. The van der Waals surface area contributed by atoms with Gasteiger partial charge in [-0.05, 0) is 104 Å². The monoisotopic (exact) mass is 612 g/mol. The van der Waals surface area contributed by atoms with Gasteiger partial charge < -0.3 is 14.7 Å². The molecule has 1 saturated carbocycles. The number of fused-ring (bicyclic) bond motifs is 4. The van der Waals surface area contributed by atoms with E-state index in [1.165, 1.54) is 11.1 Å². The minimum absolute atomic E-state index is 0.0592. The van der Waals surface area contributed by atoms with Crippen LogP contribution in [0.25, 0.3) is 0 Å². The van der Waals surface area contributed by atoms with Crippen LogP contribution in [0, 0.1) is 17.8 Å². The SMILES string of the molecule is CC[C@@H]1C[C@H](C)/C=C/C(O)C2CCC2CN2C[C@@]3(CCCc4cc(Cl)ccc43)COc3ccc(cc32)C(=O)NS1(=O)=O. The Kier molecular flexibility index (Phi) is 8.09. The molecular formula is C33H41ClN2O5S. The van der Waals surface area contributed by atoms with Crippen molar-refractivity contribution in [2.24, 2.45) is 17.8 Å². The molecule has 2 aromatic carbocycles. The number of amides is 1. The maximum atomic E-state index is 13.4. The van der Waals surface area contributed by atoms with E-state index in [-0.39, 0.29) is 28.7 Å². The number of carbonyl (C=O) groups excluding carboxylic acids is 1. The lowest BCUT2D eigenvalue weighted by Crippen LogP contribution is -2.49. The topological polar surface area (TPSA) is 95.9 Å². The third-order valence-corrected chi connectivity index (χ3v) is 12.2. The van der Waals surface area contributed by atoms with Gasteiger partial charge in [0.15, 0.2) is 0 Å². The molecule has 0 aromatic heterocycles. The smallest absolute Gasteiger partial charge is 0.264 e. The maximum absolute atomic E-state index is 13.4. The van der Waals surface area contributed by atoms with E-state index < -0.39 is 27.3 Å². The number of hydrogen-bond acceptors (Lipinski definition) is 6. The van der Waals surface area contributed by atoms with Crippen molar-refractivity contribution in [3.05, 3.63) is 70.3 Å². The summed E-state index contributed by atoms with van der Waals surface area (Å²) in [6.07, 6.45) is 8.89. The van der Waals surface area contributed by atoms with Gasteiger partial charge in [-0.2, -0.15) is 0 Å². The van der Waals surface area contributed by atoms with E-state index in [0.29, 0.717) is 38.3 Å². The Balaban J connectivity index is 1.42. The molecule has 1 amide bonds. The summed E-state index contributed by atoms with van der Waals surface area (Å²) in [5, 5.41) is 11.2. The molecular weight excluding hydrogens is 572 g/mol. The van der Waals surface area contributed by atoms with E-state index in [4.69, 9.17) is 16.3 Å². The molecule has 9 heteroatoms. The molecule has 2 N–H and O–H groups in total. The Hall–Kier alpha value is -2.55. The lowest BCUT2D eigenvalue weighted by molar-refractivity contribution is 0.0454. The number of anilines is 1. The third-order valence-electron chi connectivity index (χ3n) is 10.1. The fraction of sp³-hybridized carbons (Fsp3) is 0.545. The summed E-state index contributed by atoms with van der Waals surface area (Å²) in [6, 6.07) is 11.4. The first-order valence-corrected chi connectivity index (χ1v) is 17.2. The molecule has 6 atom stereocenters. The quantitative estimate of drug-likeness (QED) is 0.405. The highest BCUT2D eigenvalue weighted by Crippen LogP contribution is 2.46. The zero-order valence-corrected chi connectivity index (χ0v) is 26.0. The number of aryl methyl sites for hydroxylation is 1. The first-order chi connectivity index (χ1) is 20.1. The van der Waals surface area contributed by atoms with Gasteiger partial charge in [0.05, 0.1) is 23.6 Å². The molecule has 7 nitrogen and oxygen atoms in total. The van der Waals surface area contributed by atoms with Crippen LogP contribution in [-0.2, 0) is 21.9 Å². The Morgan fingerprint density at radius 2 is 2.00 bits per heavy atom. The number of carbonyl (C=O) groups is 1. The third kappa shape index (κ3) is 5.58. The van der Waals surface area contributed by atoms with Crippen LogP contribution in [0.4, 0.5) is 5.69 Å². The number of aliphatic hydroxyl groups excluding tert-OH is 1. The average Bonchev–Trinajstić information content (AvgIpc) is 3.09. The number of rotatable bonds is 1. The van der Waals surface area contributed by atoms with E-state index in [0.717, 1.165) is 42.8 Å². The molecule has 2 bridgehead atoms. The number of aliphatic hydroxyl groups is 1. The van der Waals surface area contributed by atoms with Crippen molar-refractivity contribution in [2.45, 2.75) is 75.6 Å². The van der Waals surface area contributed by atoms with Gasteiger partial charge in [-0.25, -0.2) is 13.1 Å². The molecule has 2 aromatic rings. The average molecular weight is 613 g/mol. The predicted octanol–water partition coefficient (Wildman–Crippen LogP) is 5.63. The molecule has 2 heterocycles. The first kappa shape index (κ1) is 29.5. The summed E-state index contributed by atoms with van der Waals surface area (Å²) >= 11 is 6.39. The number of ether oxygens (including phenoxy) is 1. The summed E-state index contributed by atoms with van der Waals surface area (Å²) < 4.78 is 35.5. The standard InChI is InChI=1S/C33H41ClN2O5S/c1-3-26-15-21(2)6-12-30(37)27-10-7-24(27)18-36-19-33(14-4-5-22-16-25(34)9-11-28(22)33)20-41-31-13-8-23(17-29(31)36)32(38)35-42(26,39)40/h6,8-9,11-13,16-17,21,24,26-27,30,37H,3-5,7,10,14-15,18-20H2,1-2H3,(H,35,38)/b12-6+/t21-,24?,26-,27?,30?,33+/m1/s1. The van der Waals surface area contributed by atoms with Gasteiger partial charge in [-0.15, -0.1) is 0 Å². The van der Waals surface area contributed by atoms with Crippen molar-refractivity contribution in [1.82, 2.24) is 4.72 Å². The van der Waals surface area contributed by atoms with Crippen molar-refractivity contribution in [2.75, 3.05) is 24.6 Å². The number of halogens is 1. The van der Waals surface area contributed by atoms with E-state index in [1.54, 1.807) is 18.2 Å². The van der Waals surface area contributed by atoms with Crippen molar-refractivity contribution in [3.63, 3.8) is 0 Å². The summed E-state index contributed by atoms with van der Waals surface area (Å²) in [5.41, 5.74) is 3.34. The largest absolute Gasteiger partial charge is 0.490 e. The zero-order chi connectivity index (χ0) is 29.6. The van der Waals surface area contributed by atoms with Gasteiger partial charge in [0.25, 0.3) is 5.91 Å². The van der Waals surface area contributed by atoms with Gasteiger partial charge in [0.2, 0.25) is 10.0 Å². The van der Waals surface area contributed by atoms with Crippen LogP contribution in [0.3, 0.4) is 0 Å². The second-order valence-corrected chi connectivity index (χ2v) is 15.3. The van der Waals surface area contributed by atoms with Crippen LogP contribution in [0.1, 0.15) is 73.9 Å². The fourth-order valence-corrected chi connectivity index (χ4v) is 9.27. The molecule has 6 rings (SSSR count).